The van der Waals surface area contributed by atoms with Crippen LogP contribution in [0.3, 0.4) is 0 Å². The van der Waals surface area contributed by atoms with Crippen molar-refractivity contribution >= 4 is 79.8 Å². The van der Waals surface area contributed by atoms with Gasteiger partial charge in [0.15, 0.2) is 23.1 Å². The summed E-state index contributed by atoms with van der Waals surface area (Å²) in [5.41, 5.74) is 47.1. The molecule has 0 atom stereocenters. The van der Waals surface area contributed by atoms with Gasteiger partial charge in [0.2, 0.25) is 0 Å². The molecular weight excluding hydrogens is 1360 g/mol. The van der Waals surface area contributed by atoms with E-state index in [4.69, 9.17) is 27.4 Å². The largest absolute Gasteiger partial charge is 0.472 e. The van der Waals surface area contributed by atoms with Crippen molar-refractivity contribution in [1.82, 2.24) is 26.3 Å². The summed E-state index contributed by atoms with van der Waals surface area (Å²) in [6, 6.07) is 61.1. The molecule has 8 aromatic carbocycles. The van der Waals surface area contributed by atoms with E-state index >= 15 is 0 Å². The highest BCUT2D eigenvalue weighted by molar-refractivity contribution is 6.01. The van der Waals surface area contributed by atoms with Crippen LogP contribution in [0.25, 0.3) is 33.4 Å². The molecule has 2 aliphatic carbocycles. The molecule has 4 aliphatic heterocycles. The van der Waals surface area contributed by atoms with Crippen molar-refractivity contribution in [3.05, 3.63) is 305 Å². The molecule has 2 aromatic heterocycles. The maximum atomic E-state index is 12.8. The third-order valence-electron chi connectivity index (χ3n) is 20.8. The average molecular weight is 1450 g/mol. The van der Waals surface area contributed by atoms with Crippen LogP contribution in [-0.2, 0) is 25.7 Å². The molecule has 0 radical (unpaired) electrons. The zero-order valence-electron chi connectivity index (χ0n) is 61.8. The van der Waals surface area contributed by atoms with Crippen LogP contribution in [0, 0.1) is 0 Å². The number of aromatic nitrogens is 1. The lowest BCUT2D eigenvalue weighted by molar-refractivity contribution is 0.0985. The Hall–Kier alpha value is -11.9. The summed E-state index contributed by atoms with van der Waals surface area (Å²) in [5.74, 6) is 0.344. The van der Waals surface area contributed by atoms with Gasteiger partial charge in [0.1, 0.15) is 0 Å². The first-order chi connectivity index (χ1) is 53.3. The number of rotatable bonds is 20. The Morgan fingerprint density at radius 3 is 0.890 bits per heavy atom. The normalized spacial score (nSPS) is 15.3. The van der Waals surface area contributed by atoms with Gasteiger partial charge < -0.3 is 68.2 Å². The second-order valence-electron chi connectivity index (χ2n) is 28.1. The van der Waals surface area contributed by atoms with Crippen LogP contribution in [0.4, 0.5) is 45.5 Å². The summed E-state index contributed by atoms with van der Waals surface area (Å²) >= 11 is 0. The number of pyridine rings is 1. The highest BCUT2D eigenvalue weighted by Crippen LogP contribution is 2.32. The van der Waals surface area contributed by atoms with Gasteiger partial charge in [-0.3, -0.25) is 24.2 Å². The standard InChI is InChI=1S/C23H24N4O.2C23H25N3O.C22H23N3O2/c24-22-6-3-19(17-7-9-25-10-8-17)15-20(22)16-23(28)18-1-4-21(5-2-18)27-13-11-26-12-14-27;2*24-22-10-7-19(17-3-1-2-4-17)15-20(22)16-23(27)18-5-8-21(9-6-18)26-13-11-25-12-14-26;23-21-6-3-17(18-7-12-27-15-18)13-19(21)14-22(26)16-1-4-20(5-2-16)25-10-8-24-9-11-25/h1-10,15,26H,11-14,16,24H2;2*1-3,5-10,15,25H,4,11-14,16,24H2;1-7,12-13,15,24H,8-11,14,23H2. The van der Waals surface area contributed by atoms with Gasteiger partial charge in [-0.15, -0.1) is 0 Å². The highest BCUT2D eigenvalue weighted by Gasteiger charge is 2.21. The molecule has 6 aliphatic rings. The van der Waals surface area contributed by atoms with Gasteiger partial charge in [0, 0.05) is 216 Å². The van der Waals surface area contributed by atoms with Gasteiger partial charge in [-0.05, 0) is 238 Å². The van der Waals surface area contributed by atoms with E-state index in [2.05, 4.69) is 94.4 Å². The van der Waals surface area contributed by atoms with E-state index in [1.807, 2.05) is 176 Å². The number of nitrogens with two attached hydrogens (primary N) is 4. The fraction of sp³-hybridized carbons (Fsp3) is 0.242. The lowest BCUT2D eigenvalue weighted by Crippen LogP contribution is -2.43. The molecule has 4 fully saturated rings. The number of allylic oxidation sites excluding steroid dienone is 8. The zero-order chi connectivity index (χ0) is 75.3. The third kappa shape index (κ3) is 20.2. The molecule has 0 saturated carbocycles. The first kappa shape index (κ1) is 75.3. The van der Waals surface area contributed by atoms with E-state index in [1.165, 1.54) is 22.5 Å². The predicted molar refractivity (Wildman–Crippen MR) is 446 cm³/mol. The monoisotopic (exact) mass is 1450 g/mol. The molecule has 10 aromatic rings. The Morgan fingerprint density at radius 2 is 0.615 bits per heavy atom. The molecule has 6 heterocycles. The maximum Gasteiger partial charge on any atom is 0.167 e. The zero-order valence-corrected chi connectivity index (χ0v) is 61.8. The van der Waals surface area contributed by atoms with E-state index in [0.717, 1.165) is 196 Å². The molecule has 18 nitrogen and oxygen atoms in total. The Kier molecular flexibility index (Phi) is 25.6. The van der Waals surface area contributed by atoms with Crippen molar-refractivity contribution in [2.75, 3.05) is 147 Å². The van der Waals surface area contributed by atoms with Crippen molar-refractivity contribution in [3.63, 3.8) is 0 Å². The number of nitrogens with zero attached hydrogens (tertiary/aromatic N) is 5. The fourth-order valence-corrected chi connectivity index (χ4v) is 14.3. The van der Waals surface area contributed by atoms with E-state index in [9.17, 15) is 19.2 Å². The minimum atomic E-state index is 0.0675. The molecule has 16 rings (SSSR count). The van der Waals surface area contributed by atoms with Crippen LogP contribution in [0.15, 0.2) is 254 Å². The number of hydrogen-bond acceptors (Lipinski definition) is 18. The van der Waals surface area contributed by atoms with Crippen LogP contribution < -0.4 is 63.8 Å². The summed E-state index contributed by atoms with van der Waals surface area (Å²) in [6.45, 7) is 16.0. The van der Waals surface area contributed by atoms with Crippen molar-refractivity contribution in [2.45, 2.75) is 38.5 Å². The minimum Gasteiger partial charge on any atom is -0.472 e. The molecule has 12 N–H and O–H groups in total. The summed E-state index contributed by atoms with van der Waals surface area (Å²) in [4.78, 5) is 64.5. The van der Waals surface area contributed by atoms with Crippen LogP contribution >= 0.6 is 0 Å². The third-order valence-corrected chi connectivity index (χ3v) is 20.8. The lowest BCUT2D eigenvalue weighted by atomic mass is 9.96. The molecule has 0 spiro atoms. The first-order valence-electron chi connectivity index (χ1n) is 37.9. The summed E-state index contributed by atoms with van der Waals surface area (Å²) in [5, 5.41) is 13.4. The van der Waals surface area contributed by atoms with E-state index in [-0.39, 0.29) is 36.0 Å². The molecular formula is C91H97N13O5. The molecule has 109 heavy (non-hydrogen) atoms. The molecule has 556 valence electrons. The number of nitrogens with one attached hydrogen (secondary N) is 4. The number of anilines is 8. The van der Waals surface area contributed by atoms with Crippen molar-refractivity contribution < 1.29 is 23.6 Å². The van der Waals surface area contributed by atoms with E-state index in [0.29, 0.717) is 46.7 Å². The number of ketones is 4. The Morgan fingerprint density at radius 1 is 0.330 bits per heavy atom. The molecule has 0 amide bonds. The van der Waals surface area contributed by atoms with Crippen molar-refractivity contribution in [1.29, 1.82) is 0 Å². The molecule has 0 bridgehead atoms. The lowest BCUT2D eigenvalue weighted by Gasteiger charge is -2.29. The first-order valence-corrected chi connectivity index (χ1v) is 37.9. The topological polar surface area (TPSA) is 259 Å². The highest BCUT2D eigenvalue weighted by atomic mass is 16.3. The number of piperazine rings is 4. The van der Waals surface area contributed by atoms with Gasteiger partial charge >= 0.3 is 0 Å². The van der Waals surface area contributed by atoms with Crippen LogP contribution in [0.1, 0.15) is 87.7 Å². The second kappa shape index (κ2) is 37.1. The number of hydrogen-bond donors (Lipinski definition) is 8. The number of carbonyl (C=O) groups is 4. The maximum absolute atomic E-state index is 12.8. The van der Waals surface area contributed by atoms with Gasteiger partial charge in [0.05, 0.1) is 12.5 Å². The minimum absolute atomic E-state index is 0.0675. The van der Waals surface area contributed by atoms with E-state index < -0.39 is 0 Å². The smallest absolute Gasteiger partial charge is 0.167 e. The van der Waals surface area contributed by atoms with Crippen molar-refractivity contribution in [2.24, 2.45) is 0 Å². The van der Waals surface area contributed by atoms with Gasteiger partial charge in [0.25, 0.3) is 0 Å². The number of carbonyl (C=O) groups excluding carboxylic acids is 4. The second-order valence-corrected chi connectivity index (χ2v) is 28.1. The van der Waals surface area contributed by atoms with Crippen LogP contribution in [-0.4, -0.2) is 133 Å². The predicted octanol–water partition coefficient (Wildman–Crippen LogP) is 13.4. The molecule has 4 saturated heterocycles. The van der Waals surface area contributed by atoms with Crippen LogP contribution in [0.5, 0.6) is 0 Å². The SMILES string of the molecule is Nc1ccc(-c2ccncc2)cc1CC(=O)c1ccc(N2CCNCC2)cc1.Nc1ccc(-c2ccoc2)cc1CC(=O)c1ccc(N2CCNCC2)cc1.Nc1ccc(C2=CC=CC2)cc1CC(=O)c1ccc(N2CCNCC2)cc1.Nc1ccc(C2=CC=CC2)cc1CC(=O)c1ccc(N2CCNCC2)cc1. The molecule has 18 heteroatoms. The Balaban J connectivity index is 0.000000128. The van der Waals surface area contributed by atoms with Gasteiger partial charge in [-0.2, -0.15) is 0 Å². The Bertz CT molecular complexity index is 4720. The fourth-order valence-electron chi connectivity index (χ4n) is 14.3. The number of Topliss-reactive ketones (excluding diaryl/α,β-unsaturated/α-hetero) is 4. The summed E-state index contributed by atoms with van der Waals surface area (Å²) in [6.07, 6.45) is 22.6. The van der Waals surface area contributed by atoms with Gasteiger partial charge in [-0.1, -0.05) is 60.7 Å². The quantitative estimate of drug-likeness (QED) is 0.0261. The summed E-state index contributed by atoms with van der Waals surface area (Å²) in [7, 11) is 0. The van der Waals surface area contributed by atoms with E-state index in [1.54, 1.807) is 24.9 Å². The molecule has 0 unspecified atom stereocenters. The number of furan rings is 1. The number of nitrogen functional groups attached to an aromatic ring is 4. The average Bonchev–Trinajstić information content (AvgIpc) is 1.62. The number of benzene rings is 8. The Labute approximate surface area is 639 Å². The van der Waals surface area contributed by atoms with Crippen LogP contribution in [0.2, 0.25) is 0 Å². The van der Waals surface area contributed by atoms with Crippen molar-refractivity contribution in [3.8, 4) is 22.3 Å². The van der Waals surface area contributed by atoms with Gasteiger partial charge in [-0.25, -0.2) is 0 Å². The summed E-state index contributed by atoms with van der Waals surface area (Å²) < 4.78 is 5.14.